The molecule has 2 aromatic carbocycles. The molecule has 2 aromatic rings. The van der Waals surface area contributed by atoms with Crippen LogP contribution < -0.4 is 10.5 Å². The second kappa shape index (κ2) is 7.02. The Morgan fingerprint density at radius 2 is 2.00 bits per heavy atom. The van der Waals surface area contributed by atoms with E-state index in [4.69, 9.17) is 10.5 Å². The minimum Gasteiger partial charge on any atom is -0.496 e. The van der Waals surface area contributed by atoms with E-state index in [0.717, 1.165) is 26.2 Å². The summed E-state index contributed by atoms with van der Waals surface area (Å²) in [6, 6.07) is 13.3. The lowest BCUT2D eigenvalue weighted by molar-refractivity contribution is 0.411. The quantitative estimate of drug-likeness (QED) is 0.897. The third-order valence-corrected chi connectivity index (χ3v) is 5.32. The van der Waals surface area contributed by atoms with E-state index in [1.54, 1.807) is 7.11 Å². The molecule has 1 unspecified atom stereocenters. The number of benzene rings is 2. The molecule has 0 saturated carbocycles. The van der Waals surface area contributed by atoms with Gasteiger partial charge in [-0.05, 0) is 45.8 Å². The number of ether oxygens (including phenoxy) is 1. The molecule has 0 aliphatic carbocycles. The Balaban J connectivity index is 2.29. The van der Waals surface area contributed by atoms with Gasteiger partial charge < -0.3 is 10.5 Å². The predicted molar refractivity (Wildman–Crippen MR) is 85.1 cm³/mol. The van der Waals surface area contributed by atoms with Crippen molar-refractivity contribution in [2.45, 2.75) is 17.2 Å². The summed E-state index contributed by atoms with van der Waals surface area (Å²) < 4.78 is 18.7. The highest BCUT2D eigenvalue weighted by atomic mass is 79.9. The van der Waals surface area contributed by atoms with E-state index in [0.29, 0.717) is 12.3 Å². The smallest absolute Gasteiger partial charge is 0.123 e. The van der Waals surface area contributed by atoms with Crippen LogP contribution in [0.1, 0.15) is 11.1 Å². The van der Waals surface area contributed by atoms with Crippen LogP contribution in [0.5, 0.6) is 5.75 Å². The van der Waals surface area contributed by atoms with Crippen LogP contribution in [0, 0.1) is 0 Å². The van der Waals surface area contributed by atoms with Crippen molar-refractivity contribution in [2.75, 3.05) is 7.11 Å². The first-order valence-corrected chi connectivity index (χ1v) is 8.25. The van der Waals surface area contributed by atoms with Crippen LogP contribution in [0.25, 0.3) is 0 Å². The highest BCUT2D eigenvalue weighted by Gasteiger charge is 2.12. The van der Waals surface area contributed by atoms with Crippen LogP contribution in [0.4, 0.5) is 0 Å². The number of methoxy groups -OCH3 is 1. The first-order valence-electron chi connectivity index (χ1n) is 6.14. The van der Waals surface area contributed by atoms with E-state index in [2.05, 4.69) is 15.9 Å². The molecule has 0 heterocycles. The van der Waals surface area contributed by atoms with E-state index < -0.39 is 10.8 Å². The zero-order chi connectivity index (χ0) is 14.5. The van der Waals surface area contributed by atoms with Crippen LogP contribution in [0.2, 0.25) is 0 Å². The monoisotopic (exact) mass is 353 g/mol. The zero-order valence-corrected chi connectivity index (χ0v) is 13.5. The van der Waals surface area contributed by atoms with Crippen molar-refractivity contribution in [1.29, 1.82) is 0 Å². The van der Waals surface area contributed by atoms with Crippen molar-refractivity contribution in [3.63, 3.8) is 0 Å². The minimum absolute atomic E-state index is 0.402. The summed E-state index contributed by atoms with van der Waals surface area (Å²) in [5.74, 6) is 1.14. The zero-order valence-electron chi connectivity index (χ0n) is 11.1. The van der Waals surface area contributed by atoms with Gasteiger partial charge in [0, 0.05) is 16.6 Å². The molecular weight excluding hydrogens is 338 g/mol. The van der Waals surface area contributed by atoms with Crippen molar-refractivity contribution >= 4 is 26.7 Å². The number of rotatable bonds is 5. The van der Waals surface area contributed by atoms with E-state index in [1.807, 2.05) is 42.5 Å². The molecule has 1 atom stereocenters. The number of hydrogen-bond acceptors (Lipinski definition) is 3. The van der Waals surface area contributed by atoms with Crippen molar-refractivity contribution < 1.29 is 8.95 Å². The third kappa shape index (κ3) is 3.48. The average molecular weight is 354 g/mol. The molecule has 5 heteroatoms. The fourth-order valence-electron chi connectivity index (χ4n) is 1.92. The van der Waals surface area contributed by atoms with E-state index in [1.165, 1.54) is 0 Å². The van der Waals surface area contributed by atoms with Gasteiger partial charge in [0.2, 0.25) is 0 Å². The molecule has 0 saturated heterocycles. The normalized spacial score (nSPS) is 12.2. The second-order valence-corrected chi connectivity index (χ2v) is 6.54. The van der Waals surface area contributed by atoms with Gasteiger partial charge >= 0.3 is 0 Å². The van der Waals surface area contributed by atoms with Gasteiger partial charge in [0.05, 0.1) is 28.6 Å². The summed E-state index contributed by atoms with van der Waals surface area (Å²) in [5.41, 5.74) is 7.56. The van der Waals surface area contributed by atoms with Crippen molar-refractivity contribution in [2.24, 2.45) is 5.73 Å². The molecule has 2 rings (SSSR count). The molecule has 0 aromatic heterocycles. The molecule has 20 heavy (non-hydrogen) atoms. The SMILES string of the molecule is COc1ccc(CN)cc1CS(=O)c1ccccc1Br. The lowest BCUT2D eigenvalue weighted by atomic mass is 10.1. The predicted octanol–water partition coefficient (Wildman–Crippen LogP) is 3.22. The maximum absolute atomic E-state index is 12.5. The molecule has 3 nitrogen and oxygen atoms in total. The molecule has 0 radical (unpaired) electrons. The number of nitrogens with two attached hydrogens (primary N) is 1. The molecule has 0 fully saturated rings. The van der Waals surface area contributed by atoms with Gasteiger partial charge in [-0.2, -0.15) is 0 Å². The maximum Gasteiger partial charge on any atom is 0.123 e. The van der Waals surface area contributed by atoms with Gasteiger partial charge in [-0.1, -0.05) is 18.2 Å². The molecule has 2 N–H and O–H groups in total. The lowest BCUT2D eigenvalue weighted by Gasteiger charge is -2.11. The van der Waals surface area contributed by atoms with Gasteiger partial charge in [0.25, 0.3) is 0 Å². The molecule has 0 bridgehead atoms. The molecule has 0 amide bonds. The molecule has 106 valence electrons. The third-order valence-electron chi connectivity index (χ3n) is 2.95. The van der Waals surface area contributed by atoms with Crippen LogP contribution >= 0.6 is 15.9 Å². The number of halogens is 1. The fourth-order valence-corrected chi connectivity index (χ4v) is 3.93. The molecule has 0 aliphatic rings. The largest absolute Gasteiger partial charge is 0.496 e. The first kappa shape index (κ1) is 15.2. The molecule has 0 aliphatic heterocycles. The van der Waals surface area contributed by atoms with Crippen LogP contribution in [0.15, 0.2) is 51.8 Å². The first-order chi connectivity index (χ1) is 9.65. The standard InChI is InChI=1S/C15H16BrNO2S/c1-19-14-7-6-11(9-17)8-12(14)10-20(18)15-5-3-2-4-13(15)16/h2-8H,9-10,17H2,1H3. The molecular formula is C15H16BrNO2S. The summed E-state index contributed by atoms with van der Waals surface area (Å²) in [4.78, 5) is 0.785. The highest BCUT2D eigenvalue weighted by molar-refractivity contribution is 9.10. The Hall–Kier alpha value is -1.17. The molecule has 0 spiro atoms. The van der Waals surface area contributed by atoms with Gasteiger partial charge in [0.1, 0.15) is 5.75 Å². The van der Waals surface area contributed by atoms with Gasteiger partial charge in [-0.25, -0.2) is 0 Å². The lowest BCUT2D eigenvalue weighted by Crippen LogP contribution is -2.03. The van der Waals surface area contributed by atoms with Gasteiger partial charge in [-0.3, -0.25) is 4.21 Å². The average Bonchev–Trinajstić information content (AvgIpc) is 2.47. The summed E-state index contributed by atoms with van der Waals surface area (Å²) >= 11 is 3.43. The van der Waals surface area contributed by atoms with E-state index >= 15 is 0 Å². The summed E-state index contributed by atoms with van der Waals surface area (Å²) in [5, 5.41) is 0. The Morgan fingerprint density at radius 1 is 1.25 bits per heavy atom. The Kier molecular flexibility index (Phi) is 5.34. The second-order valence-electron chi connectivity index (χ2n) is 4.27. The van der Waals surface area contributed by atoms with Gasteiger partial charge in [0.15, 0.2) is 0 Å². The van der Waals surface area contributed by atoms with Crippen molar-refractivity contribution in [3.05, 3.63) is 58.1 Å². The Labute approximate surface area is 129 Å². The number of hydrogen-bond donors (Lipinski definition) is 1. The van der Waals surface area contributed by atoms with Crippen LogP contribution in [-0.2, 0) is 23.1 Å². The Bertz CT molecular complexity index is 631. The van der Waals surface area contributed by atoms with Gasteiger partial charge in [-0.15, -0.1) is 0 Å². The van der Waals surface area contributed by atoms with Crippen LogP contribution in [-0.4, -0.2) is 11.3 Å². The van der Waals surface area contributed by atoms with Crippen molar-refractivity contribution in [1.82, 2.24) is 0 Å². The highest BCUT2D eigenvalue weighted by Crippen LogP contribution is 2.26. The van der Waals surface area contributed by atoms with E-state index in [9.17, 15) is 4.21 Å². The summed E-state index contributed by atoms with van der Waals surface area (Å²) in [7, 11) is 0.478. The minimum atomic E-state index is -1.14. The van der Waals surface area contributed by atoms with Crippen molar-refractivity contribution in [3.8, 4) is 5.75 Å². The maximum atomic E-state index is 12.5. The van der Waals surface area contributed by atoms with Crippen LogP contribution in [0.3, 0.4) is 0 Å². The topological polar surface area (TPSA) is 52.3 Å². The fraction of sp³-hybridized carbons (Fsp3) is 0.200. The Morgan fingerprint density at radius 3 is 2.65 bits per heavy atom. The van der Waals surface area contributed by atoms with E-state index in [-0.39, 0.29) is 0 Å². The summed E-state index contributed by atoms with van der Waals surface area (Å²) in [6.45, 7) is 0.457. The summed E-state index contributed by atoms with van der Waals surface area (Å²) in [6.07, 6.45) is 0.